The van der Waals surface area contributed by atoms with Crippen molar-refractivity contribution < 1.29 is 22.7 Å². The molecular weight excluding hydrogens is 456 g/mol. The van der Waals surface area contributed by atoms with Crippen LogP contribution in [0.1, 0.15) is 44.0 Å². The third kappa shape index (κ3) is 4.51. The molecule has 0 fully saturated rings. The fraction of sp³-hybridized carbons (Fsp3) is 0.238. The number of esters is 1. The molecule has 0 spiro atoms. The van der Waals surface area contributed by atoms with Crippen LogP contribution in [0.15, 0.2) is 46.0 Å². The third-order valence-corrected chi connectivity index (χ3v) is 8.93. The second-order valence-corrected chi connectivity index (χ2v) is 10.9. The lowest BCUT2D eigenvalue weighted by molar-refractivity contribution is 0.0601. The SMILES string of the molecule is COC(=O)c1c(NC(=O)c2ccc(NS(=O)(=O)c3cccs3)cc2)sc2c1CCCC2. The molecule has 7 nitrogen and oxygen atoms in total. The fourth-order valence-electron chi connectivity index (χ4n) is 3.46. The van der Waals surface area contributed by atoms with E-state index in [0.29, 0.717) is 21.8 Å². The van der Waals surface area contributed by atoms with Gasteiger partial charge < -0.3 is 10.1 Å². The molecule has 31 heavy (non-hydrogen) atoms. The number of methoxy groups -OCH3 is 1. The molecule has 4 rings (SSSR count). The monoisotopic (exact) mass is 476 g/mol. The predicted molar refractivity (Wildman–Crippen MR) is 122 cm³/mol. The summed E-state index contributed by atoms with van der Waals surface area (Å²) in [4.78, 5) is 26.2. The number of aryl methyl sites for hydroxylation is 1. The summed E-state index contributed by atoms with van der Waals surface area (Å²) < 4.78 is 32.3. The minimum absolute atomic E-state index is 0.214. The van der Waals surface area contributed by atoms with Crippen molar-refractivity contribution in [1.29, 1.82) is 0 Å². The number of anilines is 2. The fourth-order valence-corrected chi connectivity index (χ4v) is 6.78. The van der Waals surface area contributed by atoms with Crippen molar-refractivity contribution in [3.63, 3.8) is 0 Å². The normalized spacial score (nSPS) is 13.3. The standard InChI is InChI=1S/C21H20N2O5S3/c1-28-21(25)18-15-5-2-3-6-16(15)30-20(18)22-19(24)13-8-10-14(11-9-13)23-31(26,27)17-7-4-12-29-17/h4,7-12,23H,2-3,5-6H2,1H3,(H,22,24). The van der Waals surface area contributed by atoms with Gasteiger partial charge in [-0.2, -0.15) is 0 Å². The van der Waals surface area contributed by atoms with Gasteiger partial charge in [-0.25, -0.2) is 13.2 Å². The van der Waals surface area contributed by atoms with Gasteiger partial charge in [0.1, 0.15) is 9.21 Å². The molecule has 2 heterocycles. The summed E-state index contributed by atoms with van der Waals surface area (Å²) in [6, 6.07) is 9.31. The first-order chi connectivity index (χ1) is 14.9. The highest BCUT2D eigenvalue weighted by atomic mass is 32.2. The molecule has 162 valence electrons. The maximum absolute atomic E-state index is 12.8. The second kappa shape index (κ2) is 8.81. The number of carbonyl (C=O) groups is 2. The number of rotatable bonds is 6. The van der Waals surface area contributed by atoms with Gasteiger partial charge in [0.05, 0.1) is 12.7 Å². The van der Waals surface area contributed by atoms with Crippen LogP contribution in [-0.4, -0.2) is 27.4 Å². The largest absolute Gasteiger partial charge is 0.465 e. The van der Waals surface area contributed by atoms with E-state index >= 15 is 0 Å². The quantitative estimate of drug-likeness (QED) is 0.509. The summed E-state index contributed by atoms with van der Waals surface area (Å²) in [5.74, 6) is -0.829. The first-order valence-corrected chi connectivity index (χ1v) is 12.8. The molecule has 10 heteroatoms. The van der Waals surface area contributed by atoms with E-state index in [2.05, 4.69) is 10.0 Å². The molecule has 0 bridgehead atoms. The van der Waals surface area contributed by atoms with Gasteiger partial charge >= 0.3 is 5.97 Å². The number of amides is 1. The van der Waals surface area contributed by atoms with E-state index in [4.69, 9.17) is 4.74 Å². The van der Waals surface area contributed by atoms with E-state index < -0.39 is 16.0 Å². The number of thiophene rings is 2. The number of benzene rings is 1. The number of fused-ring (bicyclic) bond motifs is 1. The zero-order valence-corrected chi connectivity index (χ0v) is 19.1. The van der Waals surface area contributed by atoms with Gasteiger partial charge in [-0.05, 0) is 67.0 Å². The Morgan fingerprint density at radius 3 is 2.48 bits per heavy atom. The summed E-state index contributed by atoms with van der Waals surface area (Å²) in [7, 11) is -2.32. The van der Waals surface area contributed by atoms with Crippen molar-refractivity contribution in [2.24, 2.45) is 0 Å². The van der Waals surface area contributed by atoms with Crippen molar-refractivity contribution in [3.05, 3.63) is 63.3 Å². The van der Waals surface area contributed by atoms with E-state index in [1.54, 1.807) is 11.4 Å². The zero-order valence-electron chi connectivity index (χ0n) is 16.6. The van der Waals surface area contributed by atoms with Gasteiger partial charge in [0.25, 0.3) is 15.9 Å². The zero-order chi connectivity index (χ0) is 22.0. The van der Waals surface area contributed by atoms with Crippen LogP contribution in [0.3, 0.4) is 0 Å². The summed E-state index contributed by atoms with van der Waals surface area (Å²) in [6.45, 7) is 0. The highest BCUT2D eigenvalue weighted by Gasteiger charge is 2.27. The lowest BCUT2D eigenvalue weighted by Crippen LogP contribution is -2.15. The topological polar surface area (TPSA) is 102 Å². The molecule has 1 aromatic carbocycles. The molecule has 2 aromatic heterocycles. The van der Waals surface area contributed by atoms with Gasteiger partial charge in [0.15, 0.2) is 0 Å². The van der Waals surface area contributed by atoms with Crippen LogP contribution in [-0.2, 0) is 27.6 Å². The number of sulfonamides is 1. The van der Waals surface area contributed by atoms with E-state index in [0.717, 1.165) is 47.5 Å². The van der Waals surface area contributed by atoms with Crippen molar-refractivity contribution in [2.45, 2.75) is 29.9 Å². The maximum atomic E-state index is 12.8. The summed E-state index contributed by atoms with van der Waals surface area (Å²) >= 11 is 2.54. The van der Waals surface area contributed by atoms with Crippen molar-refractivity contribution in [2.75, 3.05) is 17.1 Å². The van der Waals surface area contributed by atoms with Crippen LogP contribution < -0.4 is 10.0 Å². The highest BCUT2D eigenvalue weighted by Crippen LogP contribution is 2.38. The minimum atomic E-state index is -3.65. The first-order valence-electron chi connectivity index (χ1n) is 9.59. The summed E-state index contributed by atoms with van der Waals surface area (Å²) in [6.07, 6.45) is 3.75. The Hall–Kier alpha value is -2.69. The molecular formula is C21H20N2O5S3. The molecule has 1 aliphatic rings. The van der Waals surface area contributed by atoms with E-state index in [-0.39, 0.29) is 10.1 Å². The van der Waals surface area contributed by atoms with Crippen LogP contribution in [0, 0.1) is 0 Å². The van der Waals surface area contributed by atoms with Gasteiger partial charge in [-0.15, -0.1) is 22.7 Å². The molecule has 0 radical (unpaired) electrons. The second-order valence-electron chi connectivity index (χ2n) is 6.98. The third-order valence-electron chi connectivity index (χ3n) is 4.95. The number of carbonyl (C=O) groups excluding carboxylic acids is 2. The maximum Gasteiger partial charge on any atom is 0.341 e. The number of hydrogen-bond acceptors (Lipinski definition) is 7. The molecule has 0 saturated heterocycles. The van der Waals surface area contributed by atoms with Crippen LogP contribution in [0.4, 0.5) is 10.7 Å². The molecule has 0 unspecified atom stereocenters. The molecule has 0 aliphatic heterocycles. The average Bonchev–Trinajstić information content (AvgIpc) is 3.42. The van der Waals surface area contributed by atoms with Crippen LogP contribution in [0.25, 0.3) is 0 Å². The summed E-state index contributed by atoms with van der Waals surface area (Å²) in [5.41, 5.74) is 2.11. The van der Waals surface area contributed by atoms with Crippen molar-refractivity contribution in [1.82, 2.24) is 0 Å². The Morgan fingerprint density at radius 2 is 1.81 bits per heavy atom. The lowest BCUT2D eigenvalue weighted by Gasteiger charge is -2.12. The molecule has 1 amide bonds. The van der Waals surface area contributed by atoms with E-state index in [1.807, 2.05) is 0 Å². The minimum Gasteiger partial charge on any atom is -0.465 e. The highest BCUT2D eigenvalue weighted by molar-refractivity contribution is 7.94. The Kier molecular flexibility index (Phi) is 6.12. The van der Waals surface area contributed by atoms with Gasteiger partial charge in [0, 0.05) is 16.1 Å². The molecule has 0 atom stereocenters. The molecule has 2 N–H and O–H groups in total. The Bertz CT molecular complexity index is 1210. The van der Waals surface area contributed by atoms with Crippen LogP contribution in [0.5, 0.6) is 0 Å². The van der Waals surface area contributed by atoms with Gasteiger partial charge in [0.2, 0.25) is 0 Å². The summed E-state index contributed by atoms with van der Waals surface area (Å²) in [5, 5.41) is 5.01. The predicted octanol–water partition coefficient (Wildman–Crippen LogP) is 4.53. The van der Waals surface area contributed by atoms with E-state index in [1.165, 1.54) is 48.8 Å². The average molecular weight is 477 g/mol. The van der Waals surface area contributed by atoms with Crippen LogP contribution in [0.2, 0.25) is 0 Å². The van der Waals surface area contributed by atoms with Crippen molar-refractivity contribution in [3.8, 4) is 0 Å². The molecule has 1 aliphatic carbocycles. The molecule has 3 aromatic rings. The number of nitrogens with one attached hydrogen (secondary N) is 2. The number of ether oxygens (including phenoxy) is 1. The Morgan fingerprint density at radius 1 is 1.06 bits per heavy atom. The van der Waals surface area contributed by atoms with Crippen LogP contribution >= 0.6 is 22.7 Å². The number of hydrogen-bond donors (Lipinski definition) is 2. The Labute approximate surface area is 188 Å². The van der Waals surface area contributed by atoms with Gasteiger partial charge in [-0.1, -0.05) is 6.07 Å². The Balaban J connectivity index is 1.52. The van der Waals surface area contributed by atoms with Crippen molar-refractivity contribution >= 4 is 55.3 Å². The smallest absolute Gasteiger partial charge is 0.341 e. The lowest BCUT2D eigenvalue weighted by atomic mass is 9.95. The van der Waals surface area contributed by atoms with Gasteiger partial charge in [-0.3, -0.25) is 9.52 Å². The first kappa shape index (κ1) is 21.5. The van der Waals surface area contributed by atoms with E-state index in [9.17, 15) is 18.0 Å². The molecule has 0 saturated carbocycles.